The van der Waals surface area contributed by atoms with Gasteiger partial charge in [0.15, 0.2) is 11.6 Å². The van der Waals surface area contributed by atoms with Crippen LogP contribution in [0.3, 0.4) is 0 Å². The number of hydrogen-bond acceptors (Lipinski definition) is 3. The summed E-state index contributed by atoms with van der Waals surface area (Å²) in [6.45, 7) is 0. The molecule has 13 heavy (non-hydrogen) atoms. The van der Waals surface area contributed by atoms with Crippen LogP contribution in [-0.4, -0.2) is 17.5 Å². The minimum absolute atomic E-state index is 0.154. The van der Waals surface area contributed by atoms with Crippen LogP contribution < -0.4 is 0 Å². The van der Waals surface area contributed by atoms with E-state index in [1.807, 2.05) is 0 Å². The van der Waals surface area contributed by atoms with Gasteiger partial charge in [-0.25, -0.2) is 4.79 Å². The number of allylic oxidation sites excluding steroid dienone is 5. The average Bonchev–Trinajstić information content (AvgIpc) is 2.11. The van der Waals surface area contributed by atoms with Crippen LogP contribution in [0.2, 0.25) is 0 Å². The van der Waals surface area contributed by atoms with E-state index in [0.29, 0.717) is 18.4 Å². The largest absolute Gasteiger partial charge is 0.290 e. The van der Waals surface area contributed by atoms with E-state index in [1.165, 1.54) is 24.3 Å². The van der Waals surface area contributed by atoms with Gasteiger partial charge in [-0.05, 0) is 31.1 Å². The van der Waals surface area contributed by atoms with Crippen molar-refractivity contribution in [1.82, 2.24) is 0 Å². The van der Waals surface area contributed by atoms with Gasteiger partial charge in [-0.1, -0.05) is 0 Å². The van der Waals surface area contributed by atoms with Gasteiger partial charge in [-0.15, -0.1) is 0 Å². The molecule has 66 valence electrons. The summed E-state index contributed by atoms with van der Waals surface area (Å²) in [4.78, 5) is 31.8. The Morgan fingerprint density at radius 1 is 1.31 bits per heavy atom. The summed E-state index contributed by atoms with van der Waals surface area (Å²) in [5.74, 6) is 1.29. The van der Waals surface area contributed by atoms with E-state index in [1.54, 1.807) is 5.94 Å². The van der Waals surface area contributed by atoms with Crippen molar-refractivity contribution in [2.75, 3.05) is 0 Å². The Morgan fingerprint density at radius 3 is 2.77 bits per heavy atom. The van der Waals surface area contributed by atoms with Crippen LogP contribution in [0.15, 0.2) is 29.9 Å². The summed E-state index contributed by atoms with van der Waals surface area (Å²) in [7, 11) is 0. The Morgan fingerprint density at radius 2 is 2.08 bits per heavy atom. The molecule has 0 saturated carbocycles. The Bertz CT molecular complexity index is 341. The fraction of sp³-hybridized carbons (Fsp3) is 0.200. The van der Waals surface area contributed by atoms with Crippen LogP contribution in [-0.2, 0) is 14.4 Å². The highest BCUT2D eigenvalue weighted by Gasteiger charge is 2.11. The molecule has 1 aliphatic carbocycles. The first kappa shape index (κ1) is 9.36. The molecule has 0 aromatic heterocycles. The molecule has 1 aliphatic rings. The van der Waals surface area contributed by atoms with Gasteiger partial charge in [0.05, 0.1) is 0 Å². The minimum Gasteiger partial charge on any atom is -0.290 e. The summed E-state index contributed by atoms with van der Waals surface area (Å²) in [5.41, 5.74) is 0.457. The van der Waals surface area contributed by atoms with Crippen molar-refractivity contribution in [2.45, 2.75) is 12.8 Å². The summed E-state index contributed by atoms with van der Waals surface area (Å²) < 4.78 is 0. The van der Waals surface area contributed by atoms with Crippen molar-refractivity contribution in [2.24, 2.45) is 0 Å². The third-order valence-corrected chi connectivity index (χ3v) is 1.67. The van der Waals surface area contributed by atoms with Gasteiger partial charge in [0.1, 0.15) is 5.94 Å². The topological polar surface area (TPSA) is 51.2 Å². The first-order valence-corrected chi connectivity index (χ1v) is 3.90. The van der Waals surface area contributed by atoms with Crippen molar-refractivity contribution in [3.05, 3.63) is 29.9 Å². The van der Waals surface area contributed by atoms with Crippen molar-refractivity contribution in [1.29, 1.82) is 0 Å². The van der Waals surface area contributed by atoms with E-state index in [0.717, 1.165) is 0 Å². The second-order valence-electron chi connectivity index (χ2n) is 2.63. The van der Waals surface area contributed by atoms with E-state index in [-0.39, 0.29) is 11.6 Å². The highest BCUT2D eigenvalue weighted by atomic mass is 16.1. The third-order valence-electron chi connectivity index (χ3n) is 1.67. The lowest BCUT2D eigenvalue weighted by atomic mass is 9.99. The van der Waals surface area contributed by atoms with Crippen LogP contribution in [0.25, 0.3) is 0 Å². The van der Waals surface area contributed by atoms with E-state index >= 15 is 0 Å². The second kappa shape index (κ2) is 4.33. The molecule has 3 heteroatoms. The second-order valence-corrected chi connectivity index (χ2v) is 2.63. The summed E-state index contributed by atoms with van der Waals surface area (Å²) in [6, 6.07) is 0. The quantitative estimate of drug-likeness (QED) is 0.472. The predicted octanol–water partition coefficient (Wildman–Crippen LogP) is 0.789. The Balaban J connectivity index is 2.62. The molecular formula is C10H8O3. The number of hydrogen-bond donors (Lipinski definition) is 0. The molecule has 0 saturated heterocycles. The fourth-order valence-electron chi connectivity index (χ4n) is 1.04. The predicted molar refractivity (Wildman–Crippen MR) is 46.7 cm³/mol. The molecule has 0 heterocycles. The van der Waals surface area contributed by atoms with Gasteiger partial charge in [-0.2, -0.15) is 0 Å². The first-order chi connectivity index (χ1) is 6.24. The van der Waals surface area contributed by atoms with E-state index in [9.17, 15) is 14.4 Å². The molecular weight excluding hydrogens is 168 g/mol. The van der Waals surface area contributed by atoms with Crippen molar-refractivity contribution in [3.8, 4) is 0 Å². The van der Waals surface area contributed by atoms with Crippen molar-refractivity contribution < 1.29 is 14.4 Å². The molecule has 1 rings (SSSR count). The first-order valence-electron chi connectivity index (χ1n) is 3.90. The van der Waals surface area contributed by atoms with Crippen LogP contribution in [0.1, 0.15) is 12.8 Å². The smallest absolute Gasteiger partial charge is 0.182 e. The molecule has 0 spiro atoms. The number of carbonyl (C=O) groups excluding carboxylic acids is 3. The zero-order valence-electron chi connectivity index (χ0n) is 6.95. The molecule has 0 amide bonds. The zero-order chi connectivity index (χ0) is 9.68. The molecule has 0 aromatic rings. The minimum atomic E-state index is -0.176. The molecule has 3 nitrogen and oxygen atoms in total. The maximum absolute atomic E-state index is 11.1. The SMILES string of the molecule is O=C=CCCC1=CC(=O)C=CC1=O. The lowest BCUT2D eigenvalue weighted by molar-refractivity contribution is -0.114. The van der Waals surface area contributed by atoms with Crippen LogP contribution >= 0.6 is 0 Å². The summed E-state index contributed by atoms with van der Waals surface area (Å²) >= 11 is 0. The third kappa shape index (κ3) is 2.65. The lowest BCUT2D eigenvalue weighted by Crippen LogP contribution is -2.07. The van der Waals surface area contributed by atoms with Crippen molar-refractivity contribution >= 4 is 17.5 Å². The van der Waals surface area contributed by atoms with E-state index in [2.05, 4.69) is 0 Å². The Kier molecular flexibility index (Phi) is 3.12. The molecule has 0 aliphatic heterocycles. The molecule has 0 bridgehead atoms. The van der Waals surface area contributed by atoms with Crippen molar-refractivity contribution in [3.63, 3.8) is 0 Å². The van der Waals surface area contributed by atoms with Gasteiger partial charge < -0.3 is 0 Å². The maximum Gasteiger partial charge on any atom is 0.182 e. The number of rotatable bonds is 3. The lowest BCUT2D eigenvalue weighted by Gasteiger charge is -2.03. The fourth-order valence-corrected chi connectivity index (χ4v) is 1.04. The van der Waals surface area contributed by atoms with Crippen LogP contribution in [0.5, 0.6) is 0 Å². The maximum atomic E-state index is 11.1. The molecule has 0 unspecified atom stereocenters. The normalized spacial score (nSPS) is 15.2. The molecule has 0 aromatic carbocycles. The van der Waals surface area contributed by atoms with Gasteiger partial charge in [-0.3, -0.25) is 9.59 Å². The van der Waals surface area contributed by atoms with Gasteiger partial charge in [0.25, 0.3) is 0 Å². The molecule has 0 atom stereocenters. The average molecular weight is 176 g/mol. The van der Waals surface area contributed by atoms with Gasteiger partial charge >= 0.3 is 0 Å². The van der Waals surface area contributed by atoms with E-state index in [4.69, 9.17) is 0 Å². The Labute approximate surface area is 75.4 Å². The zero-order valence-corrected chi connectivity index (χ0v) is 6.95. The van der Waals surface area contributed by atoms with Gasteiger partial charge in [0, 0.05) is 11.6 Å². The standard InChI is InChI=1S/C10H8O3/c11-6-2-1-3-8-7-9(12)4-5-10(8)13/h2,4-5,7H,1,3H2. The highest BCUT2D eigenvalue weighted by molar-refractivity contribution is 6.17. The van der Waals surface area contributed by atoms with E-state index < -0.39 is 0 Å². The Hall–Kier alpha value is -1.73. The number of carbonyl (C=O) groups is 2. The van der Waals surface area contributed by atoms with Crippen LogP contribution in [0.4, 0.5) is 0 Å². The van der Waals surface area contributed by atoms with Crippen LogP contribution in [0, 0.1) is 0 Å². The molecule has 0 fully saturated rings. The molecule has 0 radical (unpaired) electrons. The highest BCUT2D eigenvalue weighted by Crippen LogP contribution is 2.11. The summed E-state index contributed by atoms with van der Waals surface area (Å²) in [6.07, 6.45) is 5.97. The molecule has 0 N–H and O–H groups in total. The summed E-state index contributed by atoms with van der Waals surface area (Å²) in [5, 5.41) is 0. The monoisotopic (exact) mass is 176 g/mol. The van der Waals surface area contributed by atoms with Gasteiger partial charge in [0.2, 0.25) is 0 Å². The number of ketones is 2.